The van der Waals surface area contributed by atoms with Crippen molar-refractivity contribution in [3.63, 3.8) is 0 Å². The maximum atomic E-state index is 12.9. The van der Waals surface area contributed by atoms with Crippen LogP contribution in [0.15, 0.2) is 42.5 Å². The molecule has 6 nitrogen and oxygen atoms in total. The summed E-state index contributed by atoms with van der Waals surface area (Å²) >= 11 is 0. The maximum Gasteiger partial charge on any atom is 0.411 e. The van der Waals surface area contributed by atoms with E-state index in [0.717, 1.165) is 11.3 Å². The molecule has 1 aliphatic heterocycles. The highest BCUT2D eigenvalue weighted by Gasteiger charge is 2.34. The smallest absolute Gasteiger partial charge is 0.411 e. The van der Waals surface area contributed by atoms with Gasteiger partial charge in [0.05, 0.1) is 24.6 Å². The van der Waals surface area contributed by atoms with E-state index in [1.165, 1.54) is 12.1 Å². The molecule has 1 amide bonds. The molecule has 3 rings (SSSR count). The Morgan fingerprint density at radius 2 is 2.00 bits per heavy atom. The summed E-state index contributed by atoms with van der Waals surface area (Å²) in [5, 5.41) is 5.84. The third-order valence-electron chi connectivity index (χ3n) is 4.15. The van der Waals surface area contributed by atoms with Gasteiger partial charge in [-0.2, -0.15) is 0 Å². The minimum absolute atomic E-state index is 0.100. The zero-order chi connectivity index (χ0) is 18.6. The fraction of sp³-hybridized carbons (Fsp3) is 0.316. The van der Waals surface area contributed by atoms with Crippen LogP contribution in [0.3, 0.4) is 0 Å². The van der Waals surface area contributed by atoms with Crippen LogP contribution < -0.4 is 16.4 Å². The SMILES string of the molecule is CC1(COC(=O)Nc2ccc(NCc3ccc(F)cc3)cc2N)COC1. The van der Waals surface area contributed by atoms with Crippen LogP contribution in [0.1, 0.15) is 12.5 Å². The fourth-order valence-electron chi connectivity index (χ4n) is 2.51. The van der Waals surface area contributed by atoms with Gasteiger partial charge in [0.2, 0.25) is 0 Å². The number of hydrogen-bond donors (Lipinski definition) is 3. The van der Waals surface area contributed by atoms with Crippen molar-refractivity contribution < 1.29 is 18.7 Å². The summed E-state index contributed by atoms with van der Waals surface area (Å²) in [5.41, 5.74) is 8.55. The molecule has 0 bridgehead atoms. The van der Waals surface area contributed by atoms with Crippen molar-refractivity contribution in [3.05, 3.63) is 53.8 Å². The van der Waals surface area contributed by atoms with Crippen LogP contribution in [-0.2, 0) is 16.0 Å². The van der Waals surface area contributed by atoms with Crippen LogP contribution in [0.25, 0.3) is 0 Å². The van der Waals surface area contributed by atoms with E-state index in [2.05, 4.69) is 10.6 Å². The van der Waals surface area contributed by atoms with Crippen molar-refractivity contribution in [3.8, 4) is 0 Å². The van der Waals surface area contributed by atoms with Gasteiger partial charge in [-0.15, -0.1) is 0 Å². The summed E-state index contributed by atoms with van der Waals surface area (Å²) in [6.45, 7) is 4.03. The van der Waals surface area contributed by atoms with E-state index in [1.54, 1.807) is 30.3 Å². The van der Waals surface area contributed by atoms with E-state index >= 15 is 0 Å². The number of benzene rings is 2. The van der Waals surface area contributed by atoms with Gasteiger partial charge >= 0.3 is 6.09 Å². The van der Waals surface area contributed by atoms with Crippen molar-refractivity contribution in [2.75, 3.05) is 36.2 Å². The van der Waals surface area contributed by atoms with Gasteiger partial charge < -0.3 is 20.5 Å². The van der Waals surface area contributed by atoms with Gasteiger partial charge in [-0.25, -0.2) is 9.18 Å². The molecular weight excluding hydrogens is 337 g/mol. The molecule has 1 heterocycles. The molecule has 0 atom stereocenters. The molecule has 1 saturated heterocycles. The Hall–Kier alpha value is -2.80. The van der Waals surface area contributed by atoms with E-state index in [9.17, 15) is 9.18 Å². The molecule has 0 unspecified atom stereocenters. The van der Waals surface area contributed by atoms with Crippen LogP contribution in [0.5, 0.6) is 0 Å². The monoisotopic (exact) mass is 359 g/mol. The molecule has 2 aromatic rings. The Bertz CT molecular complexity index is 776. The Kier molecular flexibility index (Phi) is 5.27. The summed E-state index contributed by atoms with van der Waals surface area (Å²) in [6, 6.07) is 11.5. The van der Waals surface area contributed by atoms with Gasteiger partial charge in [-0.3, -0.25) is 5.32 Å². The Morgan fingerprint density at radius 3 is 2.62 bits per heavy atom. The number of nitrogen functional groups attached to an aromatic ring is 1. The molecule has 138 valence electrons. The molecule has 1 fully saturated rings. The second-order valence-corrected chi connectivity index (χ2v) is 6.79. The molecule has 26 heavy (non-hydrogen) atoms. The number of nitrogens with two attached hydrogens (primary N) is 1. The van der Waals surface area contributed by atoms with E-state index in [-0.39, 0.29) is 11.2 Å². The number of carbonyl (C=O) groups excluding carboxylic acids is 1. The molecular formula is C19H22FN3O3. The molecule has 0 saturated carbocycles. The molecule has 0 spiro atoms. The highest BCUT2D eigenvalue weighted by Crippen LogP contribution is 2.27. The van der Waals surface area contributed by atoms with E-state index in [1.807, 2.05) is 6.92 Å². The van der Waals surface area contributed by atoms with E-state index in [0.29, 0.717) is 37.7 Å². The zero-order valence-corrected chi connectivity index (χ0v) is 14.5. The number of halogens is 1. The summed E-state index contributed by atoms with van der Waals surface area (Å²) in [5.74, 6) is -0.265. The molecule has 1 aliphatic rings. The normalized spacial score (nSPS) is 15.0. The van der Waals surface area contributed by atoms with Crippen LogP contribution in [0, 0.1) is 11.2 Å². The van der Waals surface area contributed by atoms with Gasteiger partial charge in [0, 0.05) is 17.6 Å². The maximum absolute atomic E-state index is 12.9. The van der Waals surface area contributed by atoms with Crippen LogP contribution in [0.2, 0.25) is 0 Å². The number of carbonyl (C=O) groups is 1. The van der Waals surface area contributed by atoms with Crippen molar-refractivity contribution >= 4 is 23.2 Å². The average molecular weight is 359 g/mol. The lowest BCUT2D eigenvalue weighted by atomic mass is 9.90. The number of anilines is 3. The predicted octanol–water partition coefficient (Wildman–Crippen LogP) is 3.61. The van der Waals surface area contributed by atoms with Gasteiger partial charge in [-0.05, 0) is 35.9 Å². The van der Waals surface area contributed by atoms with Crippen LogP contribution in [-0.4, -0.2) is 25.9 Å². The summed E-state index contributed by atoms with van der Waals surface area (Å²) < 4.78 is 23.3. The lowest BCUT2D eigenvalue weighted by molar-refractivity contribution is -0.125. The Morgan fingerprint density at radius 1 is 1.27 bits per heavy atom. The number of ether oxygens (including phenoxy) is 2. The van der Waals surface area contributed by atoms with Gasteiger partial charge in [0.25, 0.3) is 0 Å². The first-order chi connectivity index (χ1) is 12.4. The zero-order valence-electron chi connectivity index (χ0n) is 14.5. The molecule has 7 heteroatoms. The highest BCUT2D eigenvalue weighted by molar-refractivity contribution is 5.89. The first-order valence-corrected chi connectivity index (χ1v) is 8.33. The first kappa shape index (κ1) is 18.0. The van der Waals surface area contributed by atoms with Crippen molar-refractivity contribution in [2.45, 2.75) is 13.5 Å². The number of nitrogens with one attached hydrogen (secondary N) is 2. The second kappa shape index (κ2) is 7.61. The molecule has 0 aromatic heterocycles. The predicted molar refractivity (Wildman–Crippen MR) is 98.5 cm³/mol. The first-order valence-electron chi connectivity index (χ1n) is 8.33. The van der Waals surface area contributed by atoms with Crippen molar-refractivity contribution in [2.24, 2.45) is 5.41 Å². The van der Waals surface area contributed by atoms with E-state index in [4.69, 9.17) is 15.2 Å². The van der Waals surface area contributed by atoms with Crippen LogP contribution >= 0.6 is 0 Å². The van der Waals surface area contributed by atoms with Crippen LogP contribution in [0.4, 0.5) is 26.2 Å². The largest absolute Gasteiger partial charge is 0.449 e. The van der Waals surface area contributed by atoms with Gasteiger partial charge in [0.15, 0.2) is 0 Å². The van der Waals surface area contributed by atoms with E-state index < -0.39 is 6.09 Å². The molecule has 2 aromatic carbocycles. The summed E-state index contributed by atoms with van der Waals surface area (Å²) in [7, 11) is 0. The average Bonchev–Trinajstić information content (AvgIpc) is 2.60. The summed E-state index contributed by atoms with van der Waals surface area (Å²) in [4.78, 5) is 11.9. The van der Waals surface area contributed by atoms with Gasteiger partial charge in [0.1, 0.15) is 12.4 Å². The topological polar surface area (TPSA) is 85.6 Å². The minimum atomic E-state index is -0.545. The summed E-state index contributed by atoms with van der Waals surface area (Å²) in [6.07, 6.45) is -0.545. The molecule has 0 radical (unpaired) electrons. The Labute approximate surface area is 151 Å². The minimum Gasteiger partial charge on any atom is -0.449 e. The number of amides is 1. The van der Waals surface area contributed by atoms with Gasteiger partial charge in [-0.1, -0.05) is 19.1 Å². The fourth-order valence-corrected chi connectivity index (χ4v) is 2.51. The lowest BCUT2D eigenvalue weighted by Crippen LogP contribution is -2.44. The molecule has 0 aliphatic carbocycles. The highest BCUT2D eigenvalue weighted by atomic mass is 19.1. The third-order valence-corrected chi connectivity index (χ3v) is 4.15. The number of hydrogen-bond acceptors (Lipinski definition) is 5. The second-order valence-electron chi connectivity index (χ2n) is 6.79. The third kappa shape index (κ3) is 4.64. The van der Waals surface area contributed by atoms with Crippen molar-refractivity contribution in [1.82, 2.24) is 0 Å². The molecule has 4 N–H and O–H groups in total. The number of rotatable bonds is 6. The lowest BCUT2D eigenvalue weighted by Gasteiger charge is -2.37. The Balaban J connectivity index is 1.51. The quantitative estimate of drug-likeness (QED) is 0.686. The standard InChI is InChI=1S/C19H22FN3O3/c1-19(10-25-11-19)12-26-18(24)23-17-7-6-15(8-16(17)21)22-9-13-2-4-14(20)5-3-13/h2-8,22H,9-12,21H2,1H3,(H,23,24). The van der Waals surface area contributed by atoms with Crippen molar-refractivity contribution in [1.29, 1.82) is 0 Å².